The molecule has 0 amide bonds. The van der Waals surface area contributed by atoms with Crippen LogP contribution in [0.15, 0.2) is 0 Å². The fourth-order valence-electron chi connectivity index (χ4n) is 2.72. The summed E-state index contributed by atoms with van der Waals surface area (Å²) in [5.41, 5.74) is -0.399. The number of halogens is 1. The first-order valence-corrected chi connectivity index (χ1v) is 8.31. The molecule has 1 atom stereocenters. The minimum Gasteiger partial charge on any atom is -0.373 e. The van der Waals surface area contributed by atoms with Crippen molar-refractivity contribution in [2.45, 2.75) is 38.3 Å². The maximum Gasteiger partial charge on any atom is 0.282 e. The van der Waals surface area contributed by atoms with Crippen molar-refractivity contribution in [1.29, 1.82) is 0 Å². The first-order valence-electron chi connectivity index (χ1n) is 6.91. The first kappa shape index (κ1) is 18.1. The van der Waals surface area contributed by atoms with Gasteiger partial charge in [-0.1, -0.05) is 0 Å². The van der Waals surface area contributed by atoms with E-state index < -0.39 is 15.8 Å². The van der Waals surface area contributed by atoms with Gasteiger partial charge in [-0.2, -0.15) is 17.0 Å². The minimum atomic E-state index is -3.35. The molecule has 8 heteroatoms. The second-order valence-corrected chi connectivity index (χ2v) is 7.86. The van der Waals surface area contributed by atoms with Crippen molar-refractivity contribution in [3.63, 3.8) is 0 Å². The Bertz CT molecular complexity index is 416. The summed E-state index contributed by atoms with van der Waals surface area (Å²) in [6.07, 6.45) is 1.95. The van der Waals surface area contributed by atoms with Gasteiger partial charge in [-0.3, -0.25) is 0 Å². The highest BCUT2D eigenvalue weighted by molar-refractivity contribution is 7.86. The van der Waals surface area contributed by atoms with Gasteiger partial charge in [-0.25, -0.2) is 0 Å². The molecule has 0 aliphatic carbocycles. The summed E-state index contributed by atoms with van der Waals surface area (Å²) in [5, 5.41) is 3.18. The summed E-state index contributed by atoms with van der Waals surface area (Å²) < 4.78 is 34.1. The van der Waals surface area contributed by atoms with Crippen molar-refractivity contribution in [2.75, 3.05) is 39.8 Å². The third-order valence-corrected chi connectivity index (χ3v) is 5.78. The van der Waals surface area contributed by atoms with E-state index >= 15 is 0 Å². The minimum absolute atomic E-state index is 0. The summed E-state index contributed by atoms with van der Waals surface area (Å²) in [4.78, 5) is 0. The van der Waals surface area contributed by atoms with Gasteiger partial charge >= 0.3 is 0 Å². The van der Waals surface area contributed by atoms with E-state index in [2.05, 4.69) is 5.32 Å². The summed E-state index contributed by atoms with van der Waals surface area (Å²) in [6, 6.07) is 0.262. The Balaban J connectivity index is 0.00000200. The molecule has 0 radical (unpaired) electrons. The van der Waals surface area contributed by atoms with Gasteiger partial charge in [0.2, 0.25) is 0 Å². The van der Waals surface area contributed by atoms with Crippen molar-refractivity contribution >= 4 is 22.6 Å². The molecule has 2 heterocycles. The fourth-order valence-corrected chi connectivity index (χ4v) is 4.56. The lowest BCUT2D eigenvalue weighted by Crippen LogP contribution is -2.57. The Kier molecular flexibility index (Phi) is 6.25. The molecule has 0 aromatic heterocycles. The number of rotatable bonds is 3. The average molecular weight is 328 g/mol. The molecular formula is C12H26ClN3O3S. The van der Waals surface area contributed by atoms with Crippen molar-refractivity contribution in [3.8, 4) is 0 Å². The Hall–Kier alpha value is 0.0800. The van der Waals surface area contributed by atoms with Crippen LogP contribution in [-0.4, -0.2) is 68.5 Å². The molecular weight excluding hydrogens is 302 g/mol. The standard InChI is InChI=1S/C12H25N3O3S.ClH/c1-12(2)10-15(7-8-18-12)19(16,17)14-6-4-5-11(9-14)13-3;/h11,13H,4-10H2,1-3H3;1H. The van der Waals surface area contributed by atoms with E-state index in [0.717, 1.165) is 12.8 Å². The Morgan fingerprint density at radius 3 is 2.55 bits per heavy atom. The predicted octanol–water partition coefficient (Wildman–Crippen LogP) is 0.448. The molecule has 0 bridgehead atoms. The number of nitrogens with zero attached hydrogens (tertiary/aromatic N) is 2. The van der Waals surface area contributed by atoms with Gasteiger partial charge in [-0.15, -0.1) is 12.4 Å². The highest BCUT2D eigenvalue weighted by Crippen LogP contribution is 2.23. The Morgan fingerprint density at radius 2 is 1.95 bits per heavy atom. The quantitative estimate of drug-likeness (QED) is 0.817. The monoisotopic (exact) mass is 327 g/mol. The van der Waals surface area contributed by atoms with E-state index in [-0.39, 0.29) is 18.4 Å². The molecule has 20 heavy (non-hydrogen) atoms. The van der Waals surface area contributed by atoms with E-state index in [1.165, 1.54) is 0 Å². The number of hydrogen-bond donors (Lipinski definition) is 1. The highest BCUT2D eigenvalue weighted by Gasteiger charge is 2.38. The van der Waals surface area contributed by atoms with Crippen molar-refractivity contribution in [2.24, 2.45) is 0 Å². The molecule has 1 unspecified atom stereocenters. The van der Waals surface area contributed by atoms with Crippen LogP contribution in [0.5, 0.6) is 0 Å². The SMILES string of the molecule is CNC1CCCN(S(=O)(=O)N2CCOC(C)(C)C2)C1.Cl. The van der Waals surface area contributed by atoms with Gasteiger partial charge in [-0.05, 0) is 33.7 Å². The molecule has 0 aromatic rings. The van der Waals surface area contributed by atoms with Crippen LogP contribution in [0.3, 0.4) is 0 Å². The average Bonchev–Trinajstić information content (AvgIpc) is 2.37. The number of likely N-dealkylation sites (N-methyl/N-ethyl adjacent to an activating group) is 1. The van der Waals surface area contributed by atoms with Crippen LogP contribution < -0.4 is 5.32 Å². The molecule has 0 spiro atoms. The fraction of sp³-hybridized carbons (Fsp3) is 1.00. The van der Waals surface area contributed by atoms with Gasteiger partial charge in [0.25, 0.3) is 10.2 Å². The highest BCUT2D eigenvalue weighted by atomic mass is 35.5. The van der Waals surface area contributed by atoms with Crippen LogP contribution in [0.1, 0.15) is 26.7 Å². The van der Waals surface area contributed by atoms with E-state index in [1.807, 2.05) is 20.9 Å². The van der Waals surface area contributed by atoms with Gasteiger partial charge in [0.1, 0.15) is 0 Å². The second-order valence-electron chi connectivity index (χ2n) is 5.94. The lowest BCUT2D eigenvalue weighted by Gasteiger charge is -2.41. The van der Waals surface area contributed by atoms with Gasteiger partial charge in [0.15, 0.2) is 0 Å². The van der Waals surface area contributed by atoms with Crippen LogP contribution in [-0.2, 0) is 14.9 Å². The lowest BCUT2D eigenvalue weighted by atomic mass is 10.1. The summed E-state index contributed by atoms with van der Waals surface area (Å²) in [5.74, 6) is 0. The van der Waals surface area contributed by atoms with Gasteiger partial charge in [0, 0.05) is 32.2 Å². The van der Waals surface area contributed by atoms with Crippen molar-refractivity contribution < 1.29 is 13.2 Å². The molecule has 1 N–H and O–H groups in total. The maximum atomic E-state index is 12.7. The second kappa shape index (κ2) is 6.89. The third-order valence-electron chi connectivity index (χ3n) is 3.84. The summed E-state index contributed by atoms with van der Waals surface area (Å²) >= 11 is 0. The predicted molar refractivity (Wildman–Crippen MR) is 81.4 cm³/mol. The number of hydrogen-bond acceptors (Lipinski definition) is 4. The number of ether oxygens (including phenoxy) is 1. The number of piperidine rings is 1. The van der Waals surface area contributed by atoms with Gasteiger partial charge < -0.3 is 10.1 Å². The van der Waals surface area contributed by atoms with E-state index in [4.69, 9.17) is 4.74 Å². The Morgan fingerprint density at radius 1 is 1.25 bits per heavy atom. The molecule has 6 nitrogen and oxygen atoms in total. The molecule has 2 fully saturated rings. The molecule has 0 aromatic carbocycles. The maximum absolute atomic E-state index is 12.7. The first-order chi connectivity index (χ1) is 8.85. The molecule has 0 saturated carbocycles. The van der Waals surface area contributed by atoms with Crippen LogP contribution in [0, 0.1) is 0 Å². The molecule has 2 rings (SSSR count). The van der Waals surface area contributed by atoms with Crippen LogP contribution >= 0.6 is 12.4 Å². The lowest BCUT2D eigenvalue weighted by molar-refractivity contribution is -0.0653. The largest absolute Gasteiger partial charge is 0.373 e. The zero-order chi connectivity index (χ0) is 14.1. The molecule has 2 saturated heterocycles. The third kappa shape index (κ3) is 4.05. The van der Waals surface area contributed by atoms with Crippen molar-refractivity contribution in [1.82, 2.24) is 13.9 Å². The zero-order valence-electron chi connectivity index (χ0n) is 12.5. The van der Waals surface area contributed by atoms with E-state index in [1.54, 1.807) is 8.61 Å². The normalized spacial score (nSPS) is 28.9. The van der Waals surface area contributed by atoms with Gasteiger partial charge in [0.05, 0.1) is 12.2 Å². The number of nitrogens with one attached hydrogen (secondary N) is 1. The molecule has 2 aliphatic rings. The molecule has 120 valence electrons. The van der Waals surface area contributed by atoms with Crippen LogP contribution in [0.25, 0.3) is 0 Å². The summed E-state index contributed by atoms with van der Waals surface area (Å²) in [6.45, 7) is 6.40. The topological polar surface area (TPSA) is 61.9 Å². The smallest absolute Gasteiger partial charge is 0.282 e. The Labute approximate surface area is 128 Å². The van der Waals surface area contributed by atoms with Crippen molar-refractivity contribution in [3.05, 3.63) is 0 Å². The summed E-state index contributed by atoms with van der Waals surface area (Å²) in [7, 11) is -1.46. The molecule has 2 aliphatic heterocycles. The van der Waals surface area contributed by atoms with E-state index in [0.29, 0.717) is 32.8 Å². The van der Waals surface area contributed by atoms with Crippen LogP contribution in [0.2, 0.25) is 0 Å². The van der Waals surface area contributed by atoms with Crippen LogP contribution in [0.4, 0.5) is 0 Å². The number of morpholine rings is 1. The van der Waals surface area contributed by atoms with E-state index in [9.17, 15) is 8.42 Å². The zero-order valence-corrected chi connectivity index (χ0v) is 14.1.